The summed E-state index contributed by atoms with van der Waals surface area (Å²) in [5.41, 5.74) is 0.444. The Bertz CT molecular complexity index is 848. The Morgan fingerprint density at radius 2 is 1.58 bits per heavy atom. The summed E-state index contributed by atoms with van der Waals surface area (Å²) < 4.78 is 16.5. The molecule has 0 amide bonds. The second kappa shape index (κ2) is 6.86. The lowest BCUT2D eigenvalue weighted by atomic mass is 10.1. The Labute approximate surface area is 139 Å². The summed E-state index contributed by atoms with van der Waals surface area (Å²) in [6.07, 6.45) is -1.32. The highest BCUT2D eigenvalue weighted by molar-refractivity contribution is 5.89. The SMILES string of the molecule is CC(=O)C(C)Oc1cc(OC(C)C(C)=O)c2c(C)cc(=O)oc2c1. The maximum Gasteiger partial charge on any atom is 0.336 e. The van der Waals surface area contributed by atoms with Gasteiger partial charge in [0.2, 0.25) is 0 Å². The first-order valence-corrected chi connectivity index (χ1v) is 7.61. The van der Waals surface area contributed by atoms with E-state index >= 15 is 0 Å². The molecule has 128 valence electrons. The number of fused-ring (bicyclic) bond motifs is 1. The topological polar surface area (TPSA) is 82.8 Å². The van der Waals surface area contributed by atoms with E-state index < -0.39 is 17.8 Å². The lowest BCUT2D eigenvalue weighted by Gasteiger charge is -2.17. The number of Topliss-reactive ketones (excluding diaryl/α,β-unsaturated/α-hetero) is 2. The minimum absolute atomic E-state index is 0.137. The summed E-state index contributed by atoms with van der Waals surface area (Å²) in [4.78, 5) is 34.5. The van der Waals surface area contributed by atoms with Gasteiger partial charge in [0.15, 0.2) is 23.8 Å². The number of benzene rings is 1. The molecule has 6 nitrogen and oxygen atoms in total. The van der Waals surface area contributed by atoms with E-state index in [2.05, 4.69) is 0 Å². The van der Waals surface area contributed by atoms with Crippen molar-refractivity contribution in [2.75, 3.05) is 0 Å². The molecule has 0 bridgehead atoms. The highest BCUT2D eigenvalue weighted by Crippen LogP contribution is 2.34. The summed E-state index contributed by atoms with van der Waals surface area (Å²) >= 11 is 0. The van der Waals surface area contributed by atoms with E-state index in [0.717, 1.165) is 0 Å². The number of rotatable bonds is 6. The number of ketones is 2. The van der Waals surface area contributed by atoms with Gasteiger partial charge in [0.25, 0.3) is 0 Å². The molecule has 0 saturated heterocycles. The first-order valence-electron chi connectivity index (χ1n) is 7.61. The second-order valence-corrected chi connectivity index (χ2v) is 5.78. The minimum Gasteiger partial charge on any atom is -0.483 e. The maximum atomic E-state index is 11.6. The molecule has 6 heteroatoms. The van der Waals surface area contributed by atoms with Gasteiger partial charge in [-0.05, 0) is 40.2 Å². The molecule has 2 rings (SSSR count). The average molecular weight is 332 g/mol. The monoisotopic (exact) mass is 332 g/mol. The van der Waals surface area contributed by atoms with Crippen molar-refractivity contribution < 1.29 is 23.5 Å². The lowest BCUT2D eigenvalue weighted by molar-refractivity contribution is -0.123. The molecule has 0 radical (unpaired) electrons. The molecule has 24 heavy (non-hydrogen) atoms. The predicted molar refractivity (Wildman–Crippen MR) is 88.8 cm³/mol. The molecule has 1 heterocycles. The normalized spacial score (nSPS) is 13.4. The zero-order valence-corrected chi connectivity index (χ0v) is 14.3. The molecule has 2 atom stereocenters. The molecule has 1 aromatic heterocycles. The van der Waals surface area contributed by atoms with Crippen LogP contribution in [0.2, 0.25) is 0 Å². The molecule has 1 aromatic carbocycles. The van der Waals surface area contributed by atoms with Crippen molar-refractivity contribution in [3.05, 3.63) is 34.2 Å². The van der Waals surface area contributed by atoms with E-state index in [9.17, 15) is 14.4 Å². The van der Waals surface area contributed by atoms with E-state index in [-0.39, 0.29) is 17.1 Å². The van der Waals surface area contributed by atoms with Crippen LogP contribution in [0.1, 0.15) is 33.3 Å². The first-order chi connectivity index (χ1) is 11.2. The van der Waals surface area contributed by atoms with Gasteiger partial charge in [0, 0.05) is 18.2 Å². The largest absolute Gasteiger partial charge is 0.483 e. The molecule has 0 aliphatic rings. The van der Waals surface area contributed by atoms with Gasteiger partial charge >= 0.3 is 5.63 Å². The van der Waals surface area contributed by atoms with Gasteiger partial charge in [-0.1, -0.05) is 0 Å². The first kappa shape index (κ1) is 17.7. The Balaban J connectivity index is 2.60. The van der Waals surface area contributed by atoms with Crippen LogP contribution in [0.3, 0.4) is 0 Å². The molecule has 2 aromatic rings. The Kier molecular flexibility index (Phi) is 5.07. The fourth-order valence-corrected chi connectivity index (χ4v) is 2.14. The van der Waals surface area contributed by atoms with Gasteiger partial charge in [0.1, 0.15) is 17.1 Å². The summed E-state index contributed by atoms with van der Waals surface area (Å²) in [5, 5.41) is 0.588. The van der Waals surface area contributed by atoms with E-state index in [4.69, 9.17) is 13.9 Å². The van der Waals surface area contributed by atoms with Crippen LogP contribution in [0.15, 0.2) is 27.4 Å². The van der Waals surface area contributed by atoms with Crippen molar-refractivity contribution in [1.29, 1.82) is 0 Å². The van der Waals surface area contributed by atoms with Gasteiger partial charge < -0.3 is 13.9 Å². The molecular formula is C18H20O6. The van der Waals surface area contributed by atoms with E-state index in [1.54, 1.807) is 26.8 Å². The second-order valence-electron chi connectivity index (χ2n) is 5.78. The predicted octanol–water partition coefficient (Wildman–Crippen LogP) is 2.81. The molecular weight excluding hydrogens is 312 g/mol. The van der Waals surface area contributed by atoms with Gasteiger partial charge in [-0.25, -0.2) is 4.79 Å². The third-order valence-electron chi connectivity index (χ3n) is 3.74. The zero-order valence-electron chi connectivity index (χ0n) is 14.3. The summed E-state index contributed by atoms with van der Waals surface area (Å²) in [7, 11) is 0. The third-order valence-corrected chi connectivity index (χ3v) is 3.74. The maximum absolute atomic E-state index is 11.6. The Hall–Kier alpha value is -2.63. The number of ether oxygens (including phenoxy) is 2. The number of carbonyl (C=O) groups excluding carboxylic acids is 2. The molecule has 0 spiro atoms. The number of aryl methyl sites for hydroxylation is 1. The fourth-order valence-electron chi connectivity index (χ4n) is 2.14. The highest BCUT2D eigenvalue weighted by Gasteiger charge is 2.18. The average Bonchev–Trinajstić information content (AvgIpc) is 2.45. The summed E-state index contributed by atoms with van der Waals surface area (Å²) in [5.74, 6) is 0.411. The van der Waals surface area contributed by atoms with Crippen LogP contribution in [-0.2, 0) is 9.59 Å². The molecule has 0 aliphatic heterocycles. The Morgan fingerprint density at radius 1 is 1.00 bits per heavy atom. The molecule has 0 N–H and O–H groups in total. The van der Waals surface area contributed by atoms with Crippen molar-refractivity contribution in [1.82, 2.24) is 0 Å². The van der Waals surface area contributed by atoms with Crippen LogP contribution in [0.25, 0.3) is 11.0 Å². The minimum atomic E-state index is -0.667. The van der Waals surface area contributed by atoms with Crippen molar-refractivity contribution in [2.24, 2.45) is 0 Å². The van der Waals surface area contributed by atoms with Crippen LogP contribution >= 0.6 is 0 Å². The standard InChI is InChI=1S/C18H20O6/c1-9-6-17(21)24-16-8-14(22-12(4)10(2)19)7-15(18(9)16)23-13(5)11(3)20/h6-8,12-13H,1-5H3. The van der Waals surface area contributed by atoms with Crippen molar-refractivity contribution in [3.8, 4) is 11.5 Å². The van der Waals surface area contributed by atoms with Crippen LogP contribution in [0.4, 0.5) is 0 Å². The van der Waals surface area contributed by atoms with Crippen molar-refractivity contribution in [2.45, 2.75) is 46.8 Å². The number of hydrogen-bond donors (Lipinski definition) is 0. The van der Waals surface area contributed by atoms with Crippen molar-refractivity contribution >= 4 is 22.5 Å². The Morgan fingerprint density at radius 3 is 2.17 bits per heavy atom. The summed E-state index contributed by atoms with van der Waals surface area (Å²) in [6.45, 7) is 7.86. The van der Waals surface area contributed by atoms with Gasteiger partial charge in [-0.2, -0.15) is 0 Å². The fraction of sp³-hybridized carbons (Fsp3) is 0.389. The van der Waals surface area contributed by atoms with Crippen LogP contribution in [0, 0.1) is 6.92 Å². The zero-order chi connectivity index (χ0) is 18.0. The third kappa shape index (κ3) is 3.82. The van der Waals surface area contributed by atoms with Crippen LogP contribution in [-0.4, -0.2) is 23.8 Å². The van der Waals surface area contributed by atoms with E-state index in [1.807, 2.05) is 0 Å². The summed E-state index contributed by atoms with van der Waals surface area (Å²) in [6, 6.07) is 4.48. The smallest absolute Gasteiger partial charge is 0.336 e. The molecule has 2 unspecified atom stereocenters. The lowest BCUT2D eigenvalue weighted by Crippen LogP contribution is -2.22. The molecule has 0 saturated carbocycles. The van der Waals surface area contributed by atoms with Crippen LogP contribution < -0.4 is 15.1 Å². The molecule has 0 aliphatic carbocycles. The van der Waals surface area contributed by atoms with E-state index in [0.29, 0.717) is 22.4 Å². The van der Waals surface area contributed by atoms with E-state index in [1.165, 1.54) is 26.0 Å². The number of carbonyl (C=O) groups is 2. The molecule has 0 fully saturated rings. The highest BCUT2D eigenvalue weighted by atomic mass is 16.5. The van der Waals surface area contributed by atoms with Crippen LogP contribution in [0.5, 0.6) is 11.5 Å². The van der Waals surface area contributed by atoms with Gasteiger partial charge in [-0.15, -0.1) is 0 Å². The van der Waals surface area contributed by atoms with Gasteiger partial charge in [-0.3, -0.25) is 9.59 Å². The number of hydrogen-bond acceptors (Lipinski definition) is 6. The van der Waals surface area contributed by atoms with Gasteiger partial charge in [0.05, 0.1) is 5.39 Å². The quantitative estimate of drug-likeness (QED) is 0.757. The van der Waals surface area contributed by atoms with Crippen molar-refractivity contribution in [3.63, 3.8) is 0 Å².